The van der Waals surface area contributed by atoms with Crippen LogP contribution in [0, 0.1) is 19.8 Å². The highest BCUT2D eigenvalue weighted by Crippen LogP contribution is 2.19. The summed E-state index contributed by atoms with van der Waals surface area (Å²) in [7, 11) is 0. The maximum atomic E-state index is 12.5. The molecule has 0 unspecified atom stereocenters. The molecule has 140 valence electrons. The van der Waals surface area contributed by atoms with Gasteiger partial charge in [0.05, 0.1) is 12.1 Å². The lowest BCUT2D eigenvalue weighted by Crippen LogP contribution is -2.43. The van der Waals surface area contributed by atoms with Gasteiger partial charge in [-0.1, -0.05) is 5.16 Å². The van der Waals surface area contributed by atoms with E-state index in [-0.39, 0.29) is 12.0 Å². The zero-order chi connectivity index (χ0) is 18.6. The highest BCUT2D eigenvalue weighted by atomic mass is 16.6. The van der Waals surface area contributed by atoms with Gasteiger partial charge in [0.15, 0.2) is 0 Å². The smallest absolute Gasteiger partial charge is 0.407 e. The third kappa shape index (κ3) is 5.76. The Labute approximate surface area is 149 Å². The van der Waals surface area contributed by atoms with Crippen LogP contribution in [-0.4, -0.2) is 47.3 Å². The van der Waals surface area contributed by atoms with Gasteiger partial charge in [0.2, 0.25) is 5.91 Å². The van der Waals surface area contributed by atoms with E-state index in [0.717, 1.165) is 24.1 Å². The standard InChI is InChI=1S/C18H29N3O4/c1-12-15(13(2)25-20-12)10-16(22)21-8-6-14(7-9-21)11-19-17(23)24-18(3,4)5/h14H,6-11H2,1-5H3,(H,19,23). The minimum Gasteiger partial charge on any atom is -0.444 e. The zero-order valence-corrected chi connectivity index (χ0v) is 15.8. The van der Waals surface area contributed by atoms with Crippen molar-refractivity contribution in [1.82, 2.24) is 15.4 Å². The van der Waals surface area contributed by atoms with E-state index in [0.29, 0.717) is 37.7 Å². The summed E-state index contributed by atoms with van der Waals surface area (Å²) in [6, 6.07) is 0. The van der Waals surface area contributed by atoms with Crippen molar-refractivity contribution in [2.75, 3.05) is 19.6 Å². The summed E-state index contributed by atoms with van der Waals surface area (Å²) in [6.07, 6.45) is 1.71. The largest absolute Gasteiger partial charge is 0.444 e. The van der Waals surface area contributed by atoms with Crippen LogP contribution in [0.5, 0.6) is 0 Å². The topological polar surface area (TPSA) is 84.7 Å². The van der Waals surface area contributed by atoms with Crippen molar-refractivity contribution in [3.63, 3.8) is 0 Å². The van der Waals surface area contributed by atoms with E-state index in [1.165, 1.54) is 0 Å². The van der Waals surface area contributed by atoms with Crippen LogP contribution in [0.4, 0.5) is 4.79 Å². The van der Waals surface area contributed by atoms with Crippen LogP contribution in [0.2, 0.25) is 0 Å². The Hall–Kier alpha value is -2.05. The van der Waals surface area contributed by atoms with E-state index >= 15 is 0 Å². The molecule has 2 heterocycles. The van der Waals surface area contributed by atoms with E-state index in [1.807, 2.05) is 39.5 Å². The van der Waals surface area contributed by atoms with E-state index < -0.39 is 5.60 Å². The number of piperidine rings is 1. The third-order valence-corrected chi connectivity index (χ3v) is 4.41. The first kappa shape index (κ1) is 19.3. The van der Waals surface area contributed by atoms with Crippen LogP contribution in [-0.2, 0) is 16.0 Å². The fourth-order valence-electron chi connectivity index (χ4n) is 2.95. The Bertz CT molecular complexity index is 591. The van der Waals surface area contributed by atoms with Crippen molar-refractivity contribution >= 4 is 12.0 Å². The van der Waals surface area contributed by atoms with E-state index in [2.05, 4.69) is 10.5 Å². The number of alkyl carbamates (subject to hydrolysis) is 1. The third-order valence-electron chi connectivity index (χ3n) is 4.41. The average Bonchev–Trinajstić information content (AvgIpc) is 2.83. The Morgan fingerprint density at radius 2 is 1.92 bits per heavy atom. The molecule has 1 aromatic rings. The van der Waals surface area contributed by atoms with Gasteiger partial charge in [-0.25, -0.2) is 4.79 Å². The first-order chi connectivity index (χ1) is 11.7. The number of hydrogen-bond acceptors (Lipinski definition) is 5. The number of aromatic nitrogens is 1. The van der Waals surface area contributed by atoms with Crippen molar-refractivity contribution in [3.8, 4) is 0 Å². The van der Waals surface area contributed by atoms with Crippen LogP contribution in [0.15, 0.2) is 4.52 Å². The minimum absolute atomic E-state index is 0.105. The lowest BCUT2D eigenvalue weighted by molar-refractivity contribution is -0.131. The first-order valence-corrected chi connectivity index (χ1v) is 8.82. The quantitative estimate of drug-likeness (QED) is 0.901. The Kier molecular flexibility index (Phi) is 6.08. The molecule has 0 saturated carbocycles. The fraction of sp³-hybridized carbons (Fsp3) is 0.722. The molecule has 0 atom stereocenters. The normalized spacial score (nSPS) is 16.0. The van der Waals surface area contributed by atoms with Crippen LogP contribution < -0.4 is 5.32 Å². The average molecular weight is 351 g/mol. The van der Waals surface area contributed by atoms with Gasteiger partial charge in [-0.15, -0.1) is 0 Å². The van der Waals surface area contributed by atoms with Gasteiger partial charge in [0.25, 0.3) is 0 Å². The van der Waals surface area contributed by atoms with Gasteiger partial charge in [-0.05, 0) is 53.4 Å². The fourth-order valence-corrected chi connectivity index (χ4v) is 2.95. The van der Waals surface area contributed by atoms with Crippen molar-refractivity contribution in [2.45, 2.75) is 59.5 Å². The summed E-state index contributed by atoms with van der Waals surface area (Å²) >= 11 is 0. The highest BCUT2D eigenvalue weighted by Gasteiger charge is 2.25. The molecule has 0 aliphatic carbocycles. The lowest BCUT2D eigenvalue weighted by Gasteiger charge is -2.32. The van der Waals surface area contributed by atoms with Crippen molar-refractivity contribution in [3.05, 3.63) is 17.0 Å². The predicted octanol–water partition coefficient (Wildman–Crippen LogP) is 2.60. The molecule has 2 rings (SSSR count). The summed E-state index contributed by atoms with van der Waals surface area (Å²) in [6.45, 7) is 11.2. The van der Waals surface area contributed by atoms with Gasteiger partial charge in [-0.3, -0.25) is 4.79 Å². The molecule has 1 fully saturated rings. The number of amides is 2. The molecule has 1 N–H and O–H groups in total. The van der Waals surface area contributed by atoms with Crippen molar-refractivity contribution in [2.24, 2.45) is 5.92 Å². The van der Waals surface area contributed by atoms with Gasteiger partial charge in [0, 0.05) is 25.2 Å². The zero-order valence-electron chi connectivity index (χ0n) is 15.8. The molecule has 25 heavy (non-hydrogen) atoms. The minimum atomic E-state index is -0.488. The predicted molar refractivity (Wildman–Crippen MR) is 93.2 cm³/mol. The highest BCUT2D eigenvalue weighted by molar-refractivity contribution is 5.79. The molecule has 1 aliphatic heterocycles. The van der Waals surface area contributed by atoms with Gasteiger partial charge >= 0.3 is 6.09 Å². The first-order valence-electron chi connectivity index (χ1n) is 8.82. The molecular weight excluding hydrogens is 322 g/mol. The molecular formula is C18H29N3O4. The number of nitrogens with one attached hydrogen (secondary N) is 1. The summed E-state index contributed by atoms with van der Waals surface area (Å²) in [5.74, 6) is 1.19. The number of nitrogens with zero attached hydrogens (tertiary/aromatic N) is 2. The number of hydrogen-bond donors (Lipinski definition) is 1. The van der Waals surface area contributed by atoms with Gasteiger partial charge in [-0.2, -0.15) is 0 Å². The number of carbonyl (C=O) groups is 2. The number of ether oxygens (including phenoxy) is 1. The molecule has 0 aromatic carbocycles. The maximum absolute atomic E-state index is 12.5. The second-order valence-corrected chi connectivity index (χ2v) is 7.69. The maximum Gasteiger partial charge on any atom is 0.407 e. The van der Waals surface area contributed by atoms with Gasteiger partial charge < -0.3 is 19.5 Å². The van der Waals surface area contributed by atoms with E-state index in [4.69, 9.17) is 9.26 Å². The lowest BCUT2D eigenvalue weighted by atomic mass is 9.96. The van der Waals surface area contributed by atoms with Crippen LogP contribution in [0.3, 0.4) is 0 Å². The molecule has 1 aromatic heterocycles. The SMILES string of the molecule is Cc1noc(C)c1CC(=O)N1CCC(CNC(=O)OC(C)(C)C)CC1. The summed E-state index contributed by atoms with van der Waals surface area (Å²) in [4.78, 5) is 26.1. The Morgan fingerprint density at radius 3 is 2.44 bits per heavy atom. The second-order valence-electron chi connectivity index (χ2n) is 7.69. The molecule has 2 amide bonds. The molecule has 0 bridgehead atoms. The van der Waals surface area contributed by atoms with Crippen LogP contribution in [0.1, 0.15) is 50.6 Å². The summed E-state index contributed by atoms with van der Waals surface area (Å²) < 4.78 is 10.4. The van der Waals surface area contributed by atoms with Crippen molar-refractivity contribution < 1.29 is 18.8 Å². The molecule has 7 nitrogen and oxygen atoms in total. The second kappa shape index (κ2) is 7.89. The Morgan fingerprint density at radius 1 is 1.28 bits per heavy atom. The molecule has 0 spiro atoms. The number of likely N-dealkylation sites (tertiary alicyclic amines) is 1. The molecule has 1 saturated heterocycles. The molecule has 7 heteroatoms. The van der Waals surface area contributed by atoms with Crippen LogP contribution >= 0.6 is 0 Å². The molecule has 0 radical (unpaired) electrons. The van der Waals surface area contributed by atoms with E-state index in [9.17, 15) is 9.59 Å². The van der Waals surface area contributed by atoms with Gasteiger partial charge in [0.1, 0.15) is 11.4 Å². The summed E-state index contributed by atoms with van der Waals surface area (Å²) in [5, 5.41) is 6.71. The van der Waals surface area contributed by atoms with Crippen LogP contribution in [0.25, 0.3) is 0 Å². The monoisotopic (exact) mass is 351 g/mol. The number of aryl methyl sites for hydroxylation is 2. The van der Waals surface area contributed by atoms with Crippen molar-refractivity contribution in [1.29, 1.82) is 0 Å². The van der Waals surface area contributed by atoms with E-state index in [1.54, 1.807) is 0 Å². The molecule has 1 aliphatic rings. The number of carbonyl (C=O) groups excluding carboxylic acids is 2. The number of rotatable bonds is 4. The summed E-state index contributed by atoms with van der Waals surface area (Å²) in [5.41, 5.74) is 1.18. The Balaban J connectivity index is 1.74.